The van der Waals surface area contributed by atoms with Crippen LogP contribution in [-0.2, 0) is 0 Å². The number of carbonyl (C=O) groups is 2. The van der Waals surface area contributed by atoms with E-state index in [9.17, 15) is 9.59 Å². The van der Waals surface area contributed by atoms with E-state index in [2.05, 4.69) is 17.6 Å². The fourth-order valence-electron chi connectivity index (χ4n) is 2.88. The summed E-state index contributed by atoms with van der Waals surface area (Å²) in [4.78, 5) is 26.6. The molecule has 1 heterocycles. The summed E-state index contributed by atoms with van der Waals surface area (Å²) >= 11 is 0. The third kappa shape index (κ3) is 4.71. The van der Waals surface area contributed by atoms with Crippen LogP contribution in [-0.4, -0.2) is 36.5 Å². The van der Waals surface area contributed by atoms with Crippen molar-refractivity contribution in [3.63, 3.8) is 0 Å². The van der Waals surface area contributed by atoms with Crippen molar-refractivity contribution >= 4 is 17.6 Å². The van der Waals surface area contributed by atoms with Crippen LogP contribution in [0.3, 0.4) is 0 Å². The van der Waals surface area contributed by atoms with Crippen LogP contribution in [0.5, 0.6) is 0 Å². The van der Waals surface area contributed by atoms with Gasteiger partial charge in [-0.25, -0.2) is 4.79 Å². The molecule has 3 amide bonds. The summed E-state index contributed by atoms with van der Waals surface area (Å²) in [5, 5.41) is 5.68. The highest BCUT2D eigenvalue weighted by Crippen LogP contribution is 2.23. The van der Waals surface area contributed by atoms with Crippen LogP contribution in [0.15, 0.2) is 18.2 Å². The van der Waals surface area contributed by atoms with Crippen LogP contribution in [0.1, 0.15) is 54.9 Å². The highest BCUT2D eigenvalue weighted by atomic mass is 16.2. The second-order valence-electron chi connectivity index (χ2n) is 6.08. The summed E-state index contributed by atoms with van der Waals surface area (Å²) in [6.45, 7) is 6.29. The molecule has 2 rings (SSSR count). The normalized spacial score (nSPS) is 13.9. The Hall–Kier alpha value is -2.04. The summed E-state index contributed by atoms with van der Waals surface area (Å²) < 4.78 is 0. The van der Waals surface area contributed by atoms with E-state index >= 15 is 0 Å². The molecule has 2 N–H and O–H groups in total. The Morgan fingerprint density at radius 1 is 1.17 bits per heavy atom. The third-order valence-electron chi connectivity index (χ3n) is 4.19. The number of nitrogens with zero attached hydrogens (tertiary/aromatic N) is 1. The zero-order valence-electron chi connectivity index (χ0n) is 14.2. The molecular formula is C18H27N3O2. The highest BCUT2D eigenvalue weighted by molar-refractivity contribution is 6.04. The monoisotopic (exact) mass is 317 g/mol. The average molecular weight is 317 g/mol. The lowest BCUT2D eigenvalue weighted by atomic mass is 10.1. The van der Waals surface area contributed by atoms with Gasteiger partial charge in [-0.15, -0.1) is 0 Å². The topological polar surface area (TPSA) is 61.4 Å². The fourth-order valence-corrected chi connectivity index (χ4v) is 2.88. The van der Waals surface area contributed by atoms with E-state index in [0.29, 0.717) is 17.8 Å². The number of benzene rings is 1. The summed E-state index contributed by atoms with van der Waals surface area (Å²) in [7, 11) is 0. The summed E-state index contributed by atoms with van der Waals surface area (Å²) in [5.41, 5.74) is 2.10. The molecule has 23 heavy (non-hydrogen) atoms. The largest absolute Gasteiger partial charge is 0.339 e. The molecule has 0 spiro atoms. The van der Waals surface area contributed by atoms with Gasteiger partial charge >= 0.3 is 6.03 Å². The molecule has 1 aliphatic rings. The standard InChI is InChI=1S/C18H27N3O2/c1-3-4-5-11-19-18(23)20-15-10-8-9-14(2)16(15)17(22)21-12-6-7-13-21/h8-10H,3-7,11-13H2,1-2H3,(H2,19,20,23). The first-order chi connectivity index (χ1) is 11.1. The lowest BCUT2D eigenvalue weighted by molar-refractivity contribution is 0.0793. The number of anilines is 1. The third-order valence-corrected chi connectivity index (χ3v) is 4.19. The molecule has 126 valence electrons. The number of aryl methyl sites for hydroxylation is 1. The molecule has 1 aromatic rings. The minimum atomic E-state index is -0.248. The summed E-state index contributed by atoms with van der Waals surface area (Å²) in [5.74, 6) is 0.0156. The Morgan fingerprint density at radius 2 is 1.91 bits per heavy atom. The molecule has 0 radical (unpaired) electrons. The Balaban J connectivity index is 2.05. The van der Waals surface area contributed by atoms with Crippen molar-refractivity contribution in [2.75, 3.05) is 25.0 Å². The van der Waals surface area contributed by atoms with E-state index in [1.54, 1.807) is 6.07 Å². The van der Waals surface area contributed by atoms with Crippen LogP contribution in [0.2, 0.25) is 0 Å². The van der Waals surface area contributed by atoms with Crippen molar-refractivity contribution in [3.8, 4) is 0 Å². The van der Waals surface area contributed by atoms with Gasteiger partial charge in [0.25, 0.3) is 5.91 Å². The predicted octanol–water partition coefficient (Wildman–Crippen LogP) is 3.54. The number of hydrogen-bond donors (Lipinski definition) is 2. The van der Waals surface area contributed by atoms with Gasteiger partial charge in [-0.1, -0.05) is 31.9 Å². The van der Waals surface area contributed by atoms with Crippen molar-refractivity contribution in [2.24, 2.45) is 0 Å². The minimum absolute atomic E-state index is 0.0156. The maximum Gasteiger partial charge on any atom is 0.319 e. The molecule has 1 aliphatic heterocycles. The number of urea groups is 1. The van der Waals surface area contributed by atoms with Gasteiger partial charge in [0.2, 0.25) is 0 Å². The quantitative estimate of drug-likeness (QED) is 0.788. The molecule has 1 saturated heterocycles. The van der Waals surface area contributed by atoms with Crippen molar-refractivity contribution in [1.29, 1.82) is 0 Å². The Labute approximate surface area is 138 Å². The molecule has 0 saturated carbocycles. The molecular weight excluding hydrogens is 290 g/mol. The van der Waals surface area contributed by atoms with Crippen LogP contribution in [0, 0.1) is 6.92 Å². The van der Waals surface area contributed by atoms with E-state index in [-0.39, 0.29) is 11.9 Å². The molecule has 1 aromatic carbocycles. The fraction of sp³-hybridized carbons (Fsp3) is 0.556. The first-order valence-electron chi connectivity index (χ1n) is 8.57. The second-order valence-corrected chi connectivity index (χ2v) is 6.08. The van der Waals surface area contributed by atoms with Gasteiger partial charge in [0, 0.05) is 19.6 Å². The van der Waals surface area contributed by atoms with Crippen LogP contribution < -0.4 is 10.6 Å². The van der Waals surface area contributed by atoms with Crippen LogP contribution in [0.25, 0.3) is 0 Å². The van der Waals surface area contributed by atoms with Gasteiger partial charge in [0.05, 0.1) is 11.3 Å². The Kier molecular flexibility index (Phi) is 6.44. The molecule has 0 aliphatic carbocycles. The molecule has 5 heteroatoms. The zero-order valence-corrected chi connectivity index (χ0v) is 14.2. The highest BCUT2D eigenvalue weighted by Gasteiger charge is 2.23. The first kappa shape index (κ1) is 17.3. The Morgan fingerprint density at radius 3 is 2.61 bits per heavy atom. The molecule has 0 atom stereocenters. The van der Waals surface area contributed by atoms with Gasteiger partial charge in [-0.2, -0.15) is 0 Å². The van der Waals surface area contributed by atoms with E-state index in [0.717, 1.165) is 50.8 Å². The van der Waals surface area contributed by atoms with Gasteiger partial charge in [-0.3, -0.25) is 4.79 Å². The number of amides is 3. The molecule has 0 aromatic heterocycles. The maximum absolute atomic E-state index is 12.7. The number of likely N-dealkylation sites (tertiary alicyclic amines) is 1. The number of rotatable bonds is 6. The van der Waals surface area contributed by atoms with Crippen molar-refractivity contribution < 1.29 is 9.59 Å². The maximum atomic E-state index is 12.7. The molecule has 5 nitrogen and oxygen atoms in total. The average Bonchev–Trinajstić information content (AvgIpc) is 3.06. The van der Waals surface area contributed by atoms with Gasteiger partial charge in [-0.05, 0) is 37.8 Å². The van der Waals surface area contributed by atoms with Crippen LogP contribution in [0.4, 0.5) is 10.5 Å². The van der Waals surface area contributed by atoms with Crippen molar-refractivity contribution in [2.45, 2.75) is 46.0 Å². The predicted molar refractivity (Wildman–Crippen MR) is 92.9 cm³/mol. The lowest BCUT2D eigenvalue weighted by Crippen LogP contribution is -2.32. The van der Waals surface area contributed by atoms with Gasteiger partial charge in [0.1, 0.15) is 0 Å². The van der Waals surface area contributed by atoms with E-state index < -0.39 is 0 Å². The number of unbranched alkanes of at least 4 members (excludes halogenated alkanes) is 2. The van der Waals surface area contributed by atoms with Gasteiger partial charge < -0.3 is 15.5 Å². The number of nitrogens with one attached hydrogen (secondary N) is 2. The smallest absolute Gasteiger partial charge is 0.319 e. The summed E-state index contributed by atoms with van der Waals surface area (Å²) in [6.07, 6.45) is 5.30. The molecule has 1 fully saturated rings. The molecule has 0 bridgehead atoms. The van der Waals surface area contributed by atoms with Crippen molar-refractivity contribution in [1.82, 2.24) is 10.2 Å². The number of hydrogen-bond acceptors (Lipinski definition) is 2. The van der Waals surface area contributed by atoms with E-state index in [1.807, 2.05) is 24.0 Å². The first-order valence-corrected chi connectivity index (χ1v) is 8.57. The van der Waals surface area contributed by atoms with Gasteiger partial charge in [0.15, 0.2) is 0 Å². The van der Waals surface area contributed by atoms with Crippen molar-refractivity contribution in [3.05, 3.63) is 29.3 Å². The second kappa shape index (κ2) is 8.56. The Bertz CT molecular complexity index is 551. The van der Waals surface area contributed by atoms with E-state index in [4.69, 9.17) is 0 Å². The summed E-state index contributed by atoms with van der Waals surface area (Å²) in [6, 6.07) is 5.32. The minimum Gasteiger partial charge on any atom is -0.339 e. The SMILES string of the molecule is CCCCCNC(=O)Nc1cccc(C)c1C(=O)N1CCCC1. The molecule has 0 unspecified atom stereocenters. The van der Waals surface area contributed by atoms with Crippen LogP contribution >= 0.6 is 0 Å². The zero-order chi connectivity index (χ0) is 16.7. The number of carbonyl (C=O) groups excluding carboxylic acids is 2. The lowest BCUT2D eigenvalue weighted by Gasteiger charge is -2.19. The van der Waals surface area contributed by atoms with E-state index in [1.165, 1.54) is 0 Å².